The summed E-state index contributed by atoms with van der Waals surface area (Å²) in [6.45, 7) is -0.0520. The van der Waals surface area contributed by atoms with Crippen molar-refractivity contribution in [3.63, 3.8) is 0 Å². The first-order chi connectivity index (χ1) is 9.30. The Hall–Kier alpha value is -1.79. The average molecular weight is 291 g/mol. The van der Waals surface area contributed by atoms with Crippen molar-refractivity contribution < 1.29 is 27.5 Å². The maximum atomic E-state index is 13.6. The Balaban J connectivity index is 2.32. The van der Waals surface area contributed by atoms with E-state index in [1.807, 2.05) is 0 Å². The molecule has 1 N–H and O–H groups in total. The van der Waals surface area contributed by atoms with Gasteiger partial charge in [0.1, 0.15) is 11.4 Å². The quantitative estimate of drug-likeness (QED) is 0.850. The van der Waals surface area contributed by atoms with E-state index in [0.717, 1.165) is 6.07 Å². The predicted molar refractivity (Wildman–Crippen MR) is 64.4 cm³/mol. The third-order valence-electron chi connectivity index (χ3n) is 3.43. The number of benzene rings is 1. The molecule has 0 radical (unpaired) electrons. The standard InChI is InChI=1S/C13H13F4NO2/c14-9-4-1-5-10(11(9)12(19)20)18-6-2-3-8(7-18)13(15,16)17/h1,4-5,8H,2-3,6-7H2,(H,19,20). The molecule has 0 amide bonds. The third kappa shape index (κ3) is 2.86. The van der Waals surface area contributed by atoms with Gasteiger partial charge in [0.05, 0.1) is 11.6 Å². The molecule has 0 saturated carbocycles. The lowest BCUT2D eigenvalue weighted by Crippen LogP contribution is -2.42. The molecule has 1 aromatic rings. The summed E-state index contributed by atoms with van der Waals surface area (Å²) in [5.74, 6) is -3.93. The van der Waals surface area contributed by atoms with Crippen molar-refractivity contribution in [2.24, 2.45) is 5.92 Å². The molecular formula is C13H13F4NO2. The van der Waals surface area contributed by atoms with Crippen molar-refractivity contribution in [2.45, 2.75) is 19.0 Å². The van der Waals surface area contributed by atoms with Crippen LogP contribution in [-0.4, -0.2) is 30.3 Å². The third-order valence-corrected chi connectivity index (χ3v) is 3.43. The zero-order chi connectivity index (χ0) is 14.9. The Bertz CT molecular complexity index is 516. The van der Waals surface area contributed by atoms with Crippen LogP contribution in [0.25, 0.3) is 0 Å². The molecule has 1 aromatic carbocycles. The first-order valence-corrected chi connectivity index (χ1v) is 6.14. The van der Waals surface area contributed by atoms with Crippen molar-refractivity contribution in [3.8, 4) is 0 Å². The van der Waals surface area contributed by atoms with Gasteiger partial charge in [0.2, 0.25) is 0 Å². The van der Waals surface area contributed by atoms with Crippen LogP contribution in [0.1, 0.15) is 23.2 Å². The summed E-state index contributed by atoms with van der Waals surface area (Å²) in [7, 11) is 0. The van der Waals surface area contributed by atoms with Gasteiger partial charge in [0, 0.05) is 13.1 Å². The minimum atomic E-state index is -4.32. The summed E-state index contributed by atoms with van der Waals surface area (Å²) >= 11 is 0. The lowest BCUT2D eigenvalue weighted by atomic mass is 9.96. The van der Waals surface area contributed by atoms with Gasteiger partial charge in [-0.2, -0.15) is 13.2 Å². The topological polar surface area (TPSA) is 40.5 Å². The van der Waals surface area contributed by atoms with E-state index in [9.17, 15) is 22.4 Å². The van der Waals surface area contributed by atoms with Gasteiger partial charge in [0.15, 0.2) is 0 Å². The number of carboxylic acid groups (broad SMARTS) is 1. The summed E-state index contributed by atoms with van der Waals surface area (Å²) in [6, 6.07) is 3.62. The van der Waals surface area contributed by atoms with Crippen molar-refractivity contribution >= 4 is 11.7 Å². The van der Waals surface area contributed by atoms with E-state index in [-0.39, 0.29) is 25.2 Å². The Morgan fingerprint density at radius 2 is 2.05 bits per heavy atom. The Morgan fingerprint density at radius 3 is 2.65 bits per heavy atom. The van der Waals surface area contributed by atoms with Crippen LogP contribution in [0.3, 0.4) is 0 Å². The first kappa shape index (κ1) is 14.6. The van der Waals surface area contributed by atoms with Crippen LogP contribution in [0.15, 0.2) is 18.2 Å². The average Bonchev–Trinajstić information content (AvgIpc) is 2.37. The molecule has 20 heavy (non-hydrogen) atoms. The SMILES string of the molecule is O=C(O)c1c(F)cccc1N1CCCC(C(F)(F)F)C1. The molecule has 1 heterocycles. The fourth-order valence-corrected chi connectivity index (χ4v) is 2.45. The fraction of sp³-hybridized carbons (Fsp3) is 0.462. The Labute approximate surface area is 112 Å². The van der Waals surface area contributed by atoms with Crippen LogP contribution in [0, 0.1) is 11.7 Å². The van der Waals surface area contributed by atoms with Gasteiger partial charge in [-0.3, -0.25) is 0 Å². The number of carbonyl (C=O) groups is 1. The number of halogens is 4. The summed E-state index contributed by atoms with van der Waals surface area (Å²) in [6.07, 6.45) is -4.02. The number of anilines is 1. The van der Waals surface area contributed by atoms with Gasteiger partial charge in [-0.1, -0.05) is 6.07 Å². The van der Waals surface area contributed by atoms with Gasteiger partial charge in [-0.05, 0) is 25.0 Å². The van der Waals surface area contributed by atoms with Gasteiger partial charge in [-0.15, -0.1) is 0 Å². The van der Waals surface area contributed by atoms with Gasteiger partial charge in [0.25, 0.3) is 0 Å². The normalized spacial score (nSPS) is 20.0. The number of carboxylic acids is 1. The molecule has 110 valence electrons. The molecule has 0 bridgehead atoms. The smallest absolute Gasteiger partial charge is 0.393 e. The molecule has 1 fully saturated rings. The van der Waals surface area contributed by atoms with Crippen LogP contribution in [0.2, 0.25) is 0 Å². The molecule has 7 heteroatoms. The van der Waals surface area contributed by atoms with Crippen LogP contribution in [-0.2, 0) is 0 Å². The van der Waals surface area contributed by atoms with E-state index in [1.54, 1.807) is 0 Å². The minimum absolute atomic E-state index is 0.00597. The van der Waals surface area contributed by atoms with Crippen molar-refractivity contribution in [2.75, 3.05) is 18.0 Å². The van der Waals surface area contributed by atoms with Crippen molar-refractivity contribution in [1.82, 2.24) is 0 Å². The lowest BCUT2D eigenvalue weighted by molar-refractivity contribution is -0.175. The highest BCUT2D eigenvalue weighted by atomic mass is 19.4. The molecule has 1 aliphatic heterocycles. The molecule has 1 saturated heterocycles. The second kappa shape index (κ2) is 5.30. The first-order valence-electron chi connectivity index (χ1n) is 6.14. The number of piperidine rings is 1. The van der Waals surface area contributed by atoms with Crippen LogP contribution >= 0.6 is 0 Å². The largest absolute Gasteiger partial charge is 0.478 e. The van der Waals surface area contributed by atoms with E-state index < -0.39 is 29.4 Å². The van der Waals surface area contributed by atoms with E-state index in [0.29, 0.717) is 6.42 Å². The zero-order valence-electron chi connectivity index (χ0n) is 10.5. The molecule has 1 aliphatic rings. The van der Waals surface area contributed by atoms with Gasteiger partial charge in [-0.25, -0.2) is 9.18 Å². The van der Waals surface area contributed by atoms with Crippen molar-refractivity contribution in [3.05, 3.63) is 29.6 Å². The number of nitrogens with zero attached hydrogens (tertiary/aromatic N) is 1. The maximum absolute atomic E-state index is 13.6. The van der Waals surface area contributed by atoms with E-state index in [4.69, 9.17) is 5.11 Å². The molecule has 1 atom stereocenters. The number of hydrogen-bond acceptors (Lipinski definition) is 2. The Kier molecular flexibility index (Phi) is 3.87. The highest BCUT2D eigenvalue weighted by molar-refractivity contribution is 5.94. The molecule has 0 spiro atoms. The second-order valence-corrected chi connectivity index (χ2v) is 4.77. The summed E-state index contributed by atoms with van der Waals surface area (Å²) < 4.78 is 51.8. The summed E-state index contributed by atoms with van der Waals surface area (Å²) in [5.41, 5.74) is -0.568. The van der Waals surface area contributed by atoms with Crippen molar-refractivity contribution in [1.29, 1.82) is 0 Å². The minimum Gasteiger partial charge on any atom is -0.478 e. The van der Waals surface area contributed by atoms with Crippen LogP contribution < -0.4 is 4.90 Å². The predicted octanol–water partition coefficient (Wildman–Crippen LogP) is 3.30. The second-order valence-electron chi connectivity index (χ2n) is 4.77. The number of aromatic carboxylic acids is 1. The molecular weight excluding hydrogens is 278 g/mol. The van der Waals surface area contributed by atoms with E-state index in [1.165, 1.54) is 17.0 Å². The number of alkyl halides is 3. The van der Waals surface area contributed by atoms with Crippen LogP contribution in [0.5, 0.6) is 0 Å². The molecule has 3 nitrogen and oxygen atoms in total. The van der Waals surface area contributed by atoms with Gasteiger partial charge >= 0.3 is 12.1 Å². The van der Waals surface area contributed by atoms with E-state index in [2.05, 4.69) is 0 Å². The highest BCUT2D eigenvalue weighted by Crippen LogP contribution is 2.36. The highest BCUT2D eigenvalue weighted by Gasteiger charge is 2.42. The maximum Gasteiger partial charge on any atom is 0.393 e. The summed E-state index contributed by atoms with van der Waals surface area (Å²) in [5, 5.41) is 9.01. The fourth-order valence-electron chi connectivity index (χ4n) is 2.45. The number of rotatable bonds is 2. The zero-order valence-corrected chi connectivity index (χ0v) is 10.5. The molecule has 2 rings (SSSR count). The monoisotopic (exact) mass is 291 g/mol. The number of hydrogen-bond donors (Lipinski definition) is 1. The molecule has 1 unspecified atom stereocenters. The summed E-state index contributed by atoms with van der Waals surface area (Å²) in [4.78, 5) is 12.4. The van der Waals surface area contributed by atoms with E-state index >= 15 is 0 Å². The van der Waals surface area contributed by atoms with Gasteiger partial charge < -0.3 is 10.0 Å². The van der Waals surface area contributed by atoms with Crippen LogP contribution in [0.4, 0.5) is 23.2 Å². The lowest BCUT2D eigenvalue weighted by Gasteiger charge is -2.35. The Morgan fingerprint density at radius 1 is 1.35 bits per heavy atom. The molecule has 0 aliphatic carbocycles. The molecule has 0 aromatic heterocycles.